The van der Waals surface area contributed by atoms with Crippen molar-refractivity contribution < 1.29 is 9.84 Å². The van der Waals surface area contributed by atoms with Gasteiger partial charge in [-0.2, -0.15) is 5.10 Å². The van der Waals surface area contributed by atoms with Crippen LogP contribution in [0.3, 0.4) is 0 Å². The molecular weight excluding hydrogens is 406 g/mol. The molecule has 0 bridgehead atoms. The molecule has 1 N–H and O–H groups in total. The van der Waals surface area contributed by atoms with Gasteiger partial charge in [0.1, 0.15) is 17.3 Å². The molecule has 1 fully saturated rings. The summed E-state index contributed by atoms with van der Waals surface area (Å²) in [4.78, 5) is 22.7. The first kappa shape index (κ1) is 18.9. The number of hydrogen-bond donors (Lipinski definition) is 1. The van der Waals surface area contributed by atoms with E-state index < -0.39 is 12.1 Å². The zero-order chi connectivity index (χ0) is 20.8. The molecule has 1 aliphatic rings. The van der Waals surface area contributed by atoms with Crippen molar-refractivity contribution in [1.82, 2.24) is 24.3 Å². The third-order valence-corrected chi connectivity index (χ3v) is 5.52. The number of aliphatic hydroxyl groups excluding tert-OH is 1. The number of pyridine rings is 1. The van der Waals surface area contributed by atoms with Gasteiger partial charge in [0.05, 0.1) is 42.9 Å². The van der Waals surface area contributed by atoms with E-state index in [1.165, 1.54) is 10.9 Å². The quantitative estimate of drug-likeness (QED) is 0.544. The number of nitrogens with zero attached hydrogens (tertiary/aromatic N) is 5. The number of halogens is 1. The van der Waals surface area contributed by atoms with Gasteiger partial charge in [-0.3, -0.25) is 14.0 Å². The second-order valence-electron chi connectivity index (χ2n) is 7.29. The molecular formula is C21H18ClN5O3. The molecule has 0 spiro atoms. The van der Waals surface area contributed by atoms with Crippen molar-refractivity contribution in [3.63, 3.8) is 0 Å². The van der Waals surface area contributed by atoms with E-state index in [4.69, 9.17) is 21.3 Å². The molecule has 8 nitrogen and oxygen atoms in total. The molecule has 30 heavy (non-hydrogen) atoms. The third kappa shape index (κ3) is 3.19. The Balaban J connectivity index is 1.78. The van der Waals surface area contributed by atoms with Crippen LogP contribution in [0.25, 0.3) is 33.4 Å². The van der Waals surface area contributed by atoms with Gasteiger partial charge in [-0.25, -0.2) is 9.97 Å². The Kier molecular flexibility index (Phi) is 4.62. The standard InChI is InChI=1S/C21H18ClN5O3/c1-26-8-13(7-24-26)19-20-15(6-16(25-19)12-2-4-14(22)5-3-12)21(29)27(11-23-20)17-9-30-10-18(17)28/h2-8,11,17-18,28H,9-10H2,1H3/t17-,18-/m1/s1. The predicted molar refractivity (Wildman–Crippen MR) is 112 cm³/mol. The van der Waals surface area contributed by atoms with Gasteiger partial charge in [0, 0.05) is 29.4 Å². The highest BCUT2D eigenvalue weighted by molar-refractivity contribution is 6.30. The van der Waals surface area contributed by atoms with Crippen molar-refractivity contribution in [1.29, 1.82) is 0 Å². The minimum atomic E-state index is -0.752. The minimum absolute atomic E-state index is 0.197. The number of ether oxygens (including phenoxy) is 1. The average Bonchev–Trinajstić information content (AvgIpc) is 3.36. The molecule has 4 heterocycles. The Bertz CT molecular complexity index is 1300. The maximum absolute atomic E-state index is 13.4. The predicted octanol–water partition coefficient (Wildman–Crippen LogP) is 2.44. The zero-order valence-electron chi connectivity index (χ0n) is 16.1. The van der Waals surface area contributed by atoms with Crippen LogP contribution in [0.5, 0.6) is 0 Å². The number of aromatic nitrogens is 5. The Morgan fingerprint density at radius 3 is 2.67 bits per heavy atom. The van der Waals surface area contributed by atoms with Crippen LogP contribution in [0.15, 0.2) is 53.8 Å². The molecule has 0 aliphatic carbocycles. The summed E-state index contributed by atoms with van der Waals surface area (Å²) in [6.07, 6.45) is 4.22. The lowest BCUT2D eigenvalue weighted by atomic mass is 10.1. The fourth-order valence-electron chi connectivity index (χ4n) is 3.69. The number of fused-ring (bicyclic) bond motifs is 1. The van der Waals surface area contributed by atoms with E-state index in [0.29, 0.717) is 27.3 Å². The first-order valence-electron chi connectivity index (χ1n) is 9.44. The van der Waals surface area contributed by atoms with Gasteiger partial charge in [-0.1, -0.05) is 23.7 Å². The lowest BCUT2D eigenvalue weighted by Crippen LogP contribution is -2.32. The molecule has 1 aliphatic heterocycles. The monoisotopic (exact) mass is 423 g/mol. The number of rotatable bonds is 3. The van der Waals surface area contributed by atoms with Crippen LogP contribution in [0, 0.1) is 0 Å². The first-order valence-corrected chi connectivity index (χ1v) is 9.82. The van der Waals surface area contributed by atoms with Crippen molar-refractivity contribution in [2.45, 2.75) is 12.1 Å². The van der Waals surface area contributed by atoms with Gasteiger partial charge in [0.2, 0.25) is 0 Å². The van der Waals surface area contributed by atoms with Crippen LogP contribution >= 0.6 is 11.6 Å². The molecule has 3 aromatic heterocycles. The molecule has 5 rings (SSSR count). The fourth-order valence-corrected chi connectivity index (χ4v) is 3.82. The summed E-state index contributed by atoms with van der Waals surface area (Å²) in [7, 11) is 1.82. The van der Waals surface area contributed by atoms with Gasteiger partial charge >= 0.3 is 0 Å². The van der Waals surface area contributed by atoms with E-state index in [1.807, 2.05) is 25.4 Å². The maximum Gasteiger partial charge on any atom is 0.261 e. The number of aryl methyl sites for hydroxylation is 1. The third-order valence-electron chi connectivity index (χ3n) is 5.27. The lowest BCUT2D eigenvalue weighted by Gasteiger charge is -2.16. The van der Waals surface area contributed by atoms with Crippen LogP contribution in [0.2, 0.25) is 5.02 Å². The summed E-state index contributed by atoms with van der Waals surface area (Å²) >= 11 is 6.03. The van der Waals surface area contributed by atoms with Crippen LogP contribution in [0.4, 0.5) is 0 Å². The molecule has 1 saturated heterocycles. The van der Waals surface area contributed by atoms with E-state index in [1.54, 1.807) is 29.1 Å². The van der Waals surface area contributed by atoms with Gasteiger partial charge < -0.3 is 9.84 Å². The Morgan fingerprint density at radius 2 is 2.00 bits per heavy atom. The smallest absolute Gasteiger partial charge is 0.261 e. The SMILES string of the molecule is Cn1cc(-c2nc(-c3ccc(Cl)cc3)cc3c(=O)n([C@@H]4COC[C@H]4O)cnc23)cn1. The lowest BCUT2D eigenvalue weighted by molar-refractivity contribution is 0.119. The van der Waals surface area contributed by atoms with E-state index in [-0.39, 0.29) is 18.8 Å². The Morgan fingerprint density at radius 1 is 1.20 bits per heavy atom. The largest absolute Gasteiger partial charge is 0.388 e. The van der Waals surface area contributed by atoms with Crippen LogP contribution in [0.1, 0.15) is 6.04 Å². The van der Waals surface area contributed by atoms with Crippen LogP contribution < -0.4 is 5.56 Å². The van der Waals surface area contributed by atoms with Gasteiger partial charge in [-0.05, 0) is 18.2 Å². The number of benzene rings is 1. The molecule has 2 atom stereocenters. The molecule has 152 valence electrons. The van der Waals surface area contributed by atoms with Crippen LogP contribution in [-0.4, -0.2) is 48.7 Å². The van der Waals surface area contributed by atoms with E-state index in [0.717, 1.165) is 11.1 Å². The second kappa shape index (κ2) is 7.32. The number of aliphatic hydroxyl groups is 1. The molecule has 0 amide bonds. The summed E-state index contributed by atoms with van der Waals surface area (Å²) in [5.74, 6) is 0. The van der Waals surface area contributed by atoms with Crippen molar-refractivity contribution in [3.8, 4) is 22.5 Å². The minimum Gasteiger partial charge on any atom is -0.388 e. The summed E-state index contributed by atoms with van der Waals surface area (Å²) in [6.45, 7) is 0.460. The van der Waals surface area contributed by atoms with Gasteiger partial charge in [-0.15, -0.1) is 0 Å². The zero-order valence-corrected chi connectivity index (χ0v) is 16.8. The molecule has 4 aromatic rings. The van der Waals surface area contributed by atoms with E-state index >= 15 is 0 Å². The topological polar surface area (TPSA) is 95.1 Å². The van der Waals surface area contributed by atoms with Crippen molar-refractivity contribution in [2.24, 2.45) is 7.05 Å². The van der Waals surface area contributed by atoms with Crippen molar-refractivity contribution in [2.75, 3.05) is 13.2 Å². The molecule has 9 heteroatoms. The highest BCUT2D eigenvalue weighted by Crippen LogP contribution is 2.29. The Hall–Kier alpha value is -3.07. The molecule has 1 aromatic carbocycles. The highest BCUT2D eigenvalue weighted by atomic mass is 35.5. The van der Waals surface area contributed by atoms with Crippen LogP contribution in [-0.2, 0) is 11.8 Å². The van der Waals surface area contributed by atoms with Crippen molar-refractivity contribution in [3.05, 3.63) is 64.4 Å². The molecule has 0 saturated carbocycles. The fraction of sp³-hybridized carbons (Fsp3) is 0.238. The molecule has 0 radical (unpaired) electrons. The normalized spacial score (nSPS) is 18.9. The average molecular weight is 424 g/mol. The second-order valence-corrected chi connectivity index (χ2v) is 7.73. The summed E-state index contributed by atoms with van der Waals surface area (Å²) in [6, 6.07) is 8.52. The number of hydrogen-bond acceptors (Lipinski definition) is 6. The summed E-state index contributed by atoms with van der Waals surface area (Å²) in [5, 5.41) is 15.4. The first-order chi connectivity index (χ1) is 14.5. The Labute approximate surface area is 176 Å². The van der Waals surface area contributed by atoms with Gasteiger partial charge in [0.15, 0.2) is 0 Å². The summed E-state index contributed by atoms with van der Waals surface area (Å²) in [5.41, 5.74) is 3.00. The highest BCUT2D eigenvalue weighted by Gasteiger charge is 2.29. The summed E-state index contributed by atoms with van der Waals surface area (Å²) < 4.78 is 8.43. The van der Waals surface area contributed by atoms with E-state index in [2.05, 4.69) is 10.1 Å². The maximum atomic E-state index is 13.4. The van der Waals surface area contributed by atoms with Crippen molar-refractivity contribution >= 4 is 22.5 Å². The molecule has 0 unspecified atom stereocenters. The van der Waals surface area contributed by atoms with Gasteiger partial charge in [0.25, 0.3) is 5.56 Å². The van der Waals surface area contributed by atoms with E-state index in [9.17, 15) is 9.90 Å².